The van der Waals surface area contributed by atoms with Crippen LogP contribution in [0, 0.1) is 0 Å². The first kappa shape index (κ1) is 19.6. The second kappa shape index (κ2) is 8.40. The minimum absolute atomic E-state index is 0.107. The van der Waals surface area contributed by atoms with E-state index in [-0.39, 0.29) is 5.88 Å². The van der Waals surface area contributed by atoms with Crippen LogP contribution in [0.15, 0.2) is 59.6 Å². The Hall–Kier alpha value is -3.38. The standard InChI is InChI=1S/C25H27N5O/c26-24(27-12-15-30-13-4-1-5-14-30)18-9-10-21-19(16-18)23(25(31)29-21)22-11-8-17-6-2-3-7-20(17)28-22/h2-3,6-11,16,29,31H,1,4-5,12-15H2,(H2,26,27). The van der Waals surface area contributed by atoms with Crippen LogP contribution >= 0.6 is 0 Å². The Kier molecular flexibility index (Phi) is 5.30. The number of nitrogens with one attached hydrogen (secondary N) is 1. The number of rotatable bonds is 5. The molecular formula is C25H27N5O. The summed E-state index contributed by atoms with van der Waals surface area (Å²) in [5.74, 6) is 0.632. The molecule has 0 aliphatic carbocycles. The number of piperidine rings is 1. The summed E-state index contributed by atoms with van der Waals surface area (Å²) in [6.45, 7) is 3.96. The van der Waals surface area contributed by atoms with Crippen molar-refractivity contribution in [2.45, 2.75) is 19.3 Å². The summed E-state index contributed by atoms with van der Waals surface area (Å²) in [6, 6.07) is 17.8. The summed E-state index contributed by atoms with van der Waals surface area (Å²) in [4.78, 5) is 14.9. The molecule has 1 saturated heterocycles. The molecule has 0 saturated carbocycles. The third-order valence-corrected chi connectivity index (χ3v) is 6.08. The van der Waals surface area contributed by atoms with Gasteiger partial charge in [-0.25, -0.2) is 4.98 Å². The van der Waals surface area contributed by atoms with E-state index in [0.717, 1.165) is 52.7 Å². The maximum Gasteiger partial charge on any atom is 0.199 e. The first-order valence-electron chi connectivity index (χ1n) is 10.9. The predicted molar refractivity (Wildman–Crippen MR) is 127 cm³/mol. The monoisotopic (exact) mass is 413 g/mol. The summed E-state index contributed by atoms with van der Waals surface area (Å²) >= 11 is 0. The number of amidine groups is 1. The molecule has 31 heavy (non-hydrogen) atoms. The Morgan fingerprint density at radius 3 is 2.77 bits per heavy atom. The zero-order valence-electron chi connectivity index (χ0n) is 17.5. The largest absolute Gasteiger partial charge is 0.494 e. The van der Waals surface area contributed by atoms with Gasteiger partial charge in [-0.15, -0.1) is 0 Å². The van der Waals surface area contributed by atoms with Crippen molar-refractivity contribution in [1.29, 1.82) is 0 Å². The number of benzene rings is 2. The van der Waals surface area contributed by atoms with Gasteiger partial charge in [-0.3, -0.25) is 4.99 Å². The lowest BCUT2D eigenvalue weighted by molar-refractivity contribution is 0.235. The van der Waals surface area contributed by atoms with Crippen LogP contribution in [0.1, 0.15) is 24.8 Å². The number of para-hydroxylation sites is 1. The van der Waals surface area contributed by atoms with Crippen LogP contribution in [0.2, 0.25) is 0 Å². The molecule has 5 rings (SSSR count). The molecule has 0 unspecified atom stereocenters. The topological polar surface area (TPSA) is 90.5 Å². The maximum absolute atomic E-state index is 10.6. The number of H-pyrrole nitrogens is 1. The van der Waals surface area contributed by atoms with Crippen molar-refractivity contribution < 1.29 is 5.11 Å². The molecule has 0 radical (unpaired) electrons. The van der Waals surface area contributed by atoms with Crippen molar-refractivity contribution in [2.24, 2.45) is 10.7 Å². The fourth-order valence-electron chi connectivity index (χ4n) is 4.39. The molecule has 0 spiro atoms. The van der Waals surface area contributed by atoms with E-state index in [2.05, 4.69) is 14.9 Å². The van der Waals surface area contributed by atoms with Crippen LogP contribution < -0.4 is 5.73 Å². The molecule has 6 nitrogen and oxygen atoms in total. The highest BCUT2D eigenvalue weighted by Crippen LogP contribution is 2.36. The molecule has 0 bridgehead atoms. The number of aromatic nitrogens is 2. The van der Waals surface area contributed by atoms with E-state index >= 15 is 0 Å². The first-order chi connectivity index (χ1) is 15.2. The van der Waals surface area contributed by atoms with Gasteiger partial charge in [0.2, 0.25) is 0 Å². The van der Waals surface area contributed by atoms with Crippen LogP contribution in [0.3, 0.4) is 0 Å². The van der Waals surface area contributed by atoms with Crippen molar-refractivity contribution >= 4 is 27.6 Å². The minimum atomic E-state index is 0.107. The number of fused-ring (bicyclic) bond motifs is 2. The highest BCUT2D eigenvalue weighted by atomic mass is 16.3. The first-order valence-corrected chi connectivity index (χ1v) is 10.9. The van der Waals surface area contributed by atoms with E-state index in [9.17, 15) is 5.11 Å². The quantitative estimate of drug-likeness (QED) is 0.336. The van der Waals surface area contributed by atoms with Crippen molar-refractivity contribution in [2.75, 3.05) is 26.2 Å². The number of pyridine rings is 1. The molecule has 0 atom stereocenters. The predicted octanol–water partition coefficient (Wildman–Crippen LogP) is 4.28. The molecule has 1 aliphatic rings. The molecule has 2 aromatic carbocycles. The molecule has 3 heterocycles. The fourth-order valence-corrected chi connectivity index (χ4v) is 4.39. The zero-order chi connectivity index (χ0) is 21.2. The van der Waals surface area contributed by atoms with Crippen LogP contribution in [0.4, 0.5) is 0 Å². The Labute approximate surface area is 181 Å². The van der Waals surface area contributed by atoms with Gasteiger partial charge < -0.3 is 20.7 Å². The number of hydrogen-bond acceptors (Lipinski definition) is 4. The lowest BCUT2D eigenvalue weighted by Gasteiger charge is -2.25. The molecule has 2 aromatic heterocycles. The van der Waals surface area contributed by atoms with E-state index in [1.165, 1.54) is 19.3 Å². The van der Waals surface area contributed by atoms with Gasteiger partial charge in [0.1, 0.15) is 5.84 Å². The highest BCUT2D eigenvalue weighted by Gasteiger charge is 2.16. The molecule has 6 heteroatoms. The van der Waals surface area contributed by atoms with Crippen molar-refractivity contribution in [3.8, 4) is 17.1 Å². The Morgan fingerprint density at radius 1 is 1.06 bits per heavy atom. The summed E-state index contributed by atoms with van der Waals surface area (Å²) < 4.78 is 0. The molecule has 1 fully saturated rings. The lowest BCUT2D eigenvalue weighted by Crippen LogP contribution is -2.32. The van der Waals surface area contributed by atoms with Gasteiger partial charge in [-0.05, 0) is 56.3 Å². The van der Waals surface area contributed by atoms with Crippen LogP contribution in [0.25, 0.3) is 33.1 Å². The number of aliphatic imine (C=N–C) groups is 1. The normalized spacial score (nSPS) is 15.7. The molecule has 158 valence electrons. The van der Waals surface area contributed by atoms with Crippen LogP contribution in [-0.4, -0.2) is 52.0 Å². The van der Waals surface area contributed by atoms with Crippen molar-refractivity contribution in [3.05, 3.63) is 60.2 Å². The minimum Gasteiger partial charge on any atom is -0.494 e. The third kappa shape index (κ3) is 3.99. The number of likely N-dealkylation sites (tertiary alicyclic amines) is 1. The van der Waals surface area contributed by atoms with Gasteiger partial charge in [0.25, 0.3) is 0 Å². The summed E-state index contributed by atoms with van der Waals surface area (Å²) in [7, 11) is 0. The maximum atomic E-state index is 10.6. The summed E-state index contributed by atoms with van der Waals surface area (Å²) in [5, 5.41) is 12.6. The second-order valence-corrected chi connectivity index (χ2v) is 8.17. The third-order valence-electron chi connectivity index (χ3n) is 6.08. The van der Waals surface area contributed by atoms with Gasteiger partial charge in [0, 0.05) is 28.4 Å². The average molecular weight is 414 g/mol. The van der Waals surface area contributed by atoms with Gasteiger partial charge in [-0.1, -0.05) is 30.7 Å². The average Bonchev–Trinajstić information content (AvgIpc) is 3.14. The van der Waals surface area contributed by atoms with Crippen molar-refractivity contribution in [3.63, 3.8) is 0 Å². The molecule has 0 amide bonds. The Balaban J connectivity index is 1.45. The van der Waals surface area contributed by atoms with Gasteiger partial charge in [0.05, 0.1) is 23.3 Å². The van der Waals surface area contributed by atoms with E-state index in [1.54, 1.807) is 0 Å². The SMILES string of the molecule is NC(=NCCN1CCCCC1)c1ccc2[nH]c(O)c(-c3ccc4ccccc4n3)c2c1. The molecule has 4 N–H and O–H groups in total. The zero-order valence-corrected chi connectivity index (χ0v) is 17.5. The number of hydrogen-bond donors (Lipinski definition) is 3. The lowest BCUT2D eigenvalue weighted by atomic mass is 10.0. The molecular weight excluding hydrogens is 386 g/mol. The Bertz CT molecular complexity index is 1250. The van der Waals surface area contributed by atoms with E-state index < -0.39 is 0 Å². The van der Waals surface area contributed by atoms with E-state index in [4.69, 9.17) is 10.7 Å². The number of nitrogens with zero attached hydrogens (tertiary/aromatic N) is 3. The summed E-state index contributed by atoms with van der Waals surface area (Å²) in [5.41, 5.74) is 10.3. The van der Waals surface area contributed by atoms with Crippen LogP contribution in [-0.2, 0) is 0 Å². The number of aromatic amines is 1. The summed E-state index contributed by atoms with van der Waals surface area (Å²) in [6.07, 6.45) is 3.89. The molecule has 4 aromatic rings. The van der Waals surface area contributed by atoms with E-state index in [1.807, 2.05) is 54.6 Å². The Morgan fingerprint density at radius 2 is 1.90 bits per heavy atom. The fraction of sp³-hybridized carbons (Fsp3) is 0.280. The smallest absolute Gasteiger partial charge is 0.199 e. The highest BCUT2D eigenvalue weighted by molar-refractivity contribution is 6.05. The van der Waals surface area contributed by atoms with Crippen molar-refractivity contribution in [1.82, 2.24) is 14.9 Å². The number of nitrogens with two attached hydrogens (primary N) is 1. The number of aromatic hydroxyl groups is 1. The van der Waals surface area contributed by atoms with Gasteiger partial charge in [-0.2, -0.15) is 0 Å². The van der Waals surface area contributed by atoms with Gasteiger partial charge in [0.15, 0.2) is 5.88 Å². The van der Waals surface area contributed by atoms with Crippen LogP contribution in [0.5, 0.6) is 5.88 Å². The van der Waals surface area contributed by atoms with Gasteiger partial charge >= 0.3 is 0 Å². The molecule has 1 aliphatic heterocycles. The second-order valence-electron chi connectivity index (χ2n) is 8.17. The van der Waals surface area contributed by atoms with E-state index in [0.29, 0.717) is 17.9 Å².